The molecular formula is C13H17N5O. The van der Waals surface area contributed by atoms with Crippen LogP contribution in [0.5, 0.6) is 0 Å². The SMILES string of the molecule is Cc1nn(C)cc1NC(=O)c1cc(N)cn1C1CC1. The predicted octanol–water partition coefficient (Wildman–Crippen LogP) is 1.70. The van der Waals surface area contributed by atoms with Crippen LogP contribution in [-0.2, 0) is 7.05 Å². The fraction of sp³-hybridized carbons (Fsp3) is 0.385. The molecule has 19 heavy (non-hydrogen) atoms. The molecule has 2 aromatic heterocycles. The third kappa shape index (κ3) is 2.21. The topological polar surface area (TPSA) is 77.9 Å². The van der Waals surface area contributed by atoms with Gasteiger partial charge in [0.2, 0.25) is 0 Å². The van der Waals surface area contributed by atoms with E-state index in [0.29, 0.717) is 17.4 Å². The molecule has 6 heteroatoms. The van der Waals surface area contributed by atoms with Gasteiger partial charge in [0.1, 0.15) is 5.69 Å². The lowest BCUT2D eigenvalue weighted by Crippen LogP contribution is -2.16. The Balaban J connectivity index is 1.86. The molecular weight excluding hydrogens is 242 g/mol. The van der Waals surface area contributed by atoms with E-state index in [1.807, 2.05) is 24.7 Å². The molecule has 0 radical (unpaired) electrons. The van der Waals surface area contributed by atoms with Gasteiger partial charge in [0.25, 0.3) is 5.91 Å². The molecule has 1 fully saturated rings. The van der Waals surface area contributed by atoms with E-state index < -0.39 is 0 Å². The van der Waals surface area contributed by atoms with Gasteiger partial charge in [-0.25, -0.2) is 0 Å². The van der Waals surface area contributed by atoms with Crippen LogP contribution in [0, 0.1) is 6.92 Å². The van der Waals surface area contributed by atoms with Crippen molar-refractivity contribution >= 4 is 17.3 Å². The number of hydrogen-bond donors (Lipinski definition) is 2. The zero-order valence-corrected chi connectivity index (χ0v) is 11.1. The molecule has 2 aromatic rings. The van der Waals surface area contributed by atoms with E-state index in [-0.39, 0.29) is 5.91 Å². The van der Waals surface area contributed by atoms with E-state index in [9.17, 15) is 4.79 Å². The van der Waals surface area contributed by atoms with E-state index in [4.69, 9.17) is 5.73 Å². The van der Waals surface area contributed by atoms with Crippen LogP contribution in [0.3, 0.4) is 0 Å². The standard InChI is InChI=1S/C13H17N5O/c1-8-11(7-17(2)16-8)15-13(19)12-5-9(14)6-18(12)10-3-4-10/h5-7,10H,3-4,14H2,1-2H3,(H,15,19). The lowest BCUT2D eigenvalue weighted by atomic mass is 10.3. The molecule has 1 aliphatic carbocycles. The Morgan fingerprint density at radius 1 is 1.47 bits per heavy atom. The second kappa shape index (κ2) is 4.15. The molecule has 2 heterocycles. The monoisotopic (exact) mass is 259 g/mol. The summed E-state index contributed by atoms with van der Waals surface area (Å²) >= 11 is 0. The summed E-state index contributed by atoms with van der Waals surface area (Å²) in [6.07, 6.45) is 5.85. The molecule has 6 nitrogen and oxygen atoms in total. The van der Waals surface area contributed by atoms with Crippen LogP contribution >= 0.6 is 0 Å². The van der Waals surface area contributed by atoms with Crippen molar-refractivity contribution in [3.05, 3.63) is 29.8 Å². The molecule has 0 bridgehead atoms. The molecule has 3 N–H and O–H groups in total. The Kier molecular flexibility index (Phi) is 2.58. The second-order valence-electron chi connectivity index (χ2n) is 5.05. The maximum atomic E-state index is 12.3. The summed E-state index contributed by atoms with van der Waals surface area (Å²) in [5.74, 6) is -0.139. The van der Waals surface area contributed by atoms with Crippen LogP contribution in [0.4, 0.5) is 11.4 Å². The van der Waals surface area contributed by atoms with Gasteiger partial charge in [-0.15, -0.1) is 0 Å². The Morgan fingerprint density at radius 2 is 2.21 bits per heavy atom. The molecule has 0 aromatic carbocycles. The molecule has 1 saturated carbocycles. The maximum absolute atomic E-state index is 12.3. The van der Waals surface area contributed by atoms with E-state index in [1.165, 1.54) is 0 Å². The minimum absolute atomic E-state index is 0.139. The minimum Gasteiger partial charge on any atom is -0.397 e. The first-order valence-corrected chi connectivity index (χ1v) is 6.33. The number of anilines is 2. The predicted molar refractivity (Wildman–Crippen MR) is 73.0 cm³/mol. The lowest BCUT2D eigenvalue weighted by molar-refractivity contribution is 0.101. The molecule has 0 saturated heterocycles. The molecule has 1 amide bonds. The number of aromatic nitrogens is 3. The normalized spacial score (nSPS) is 14.6. The number of hydrogen-bond acceptors (Lipinski definition) is 3. The van der Waals surface area contributed by atoms with E-state index in [2.05, 4.69) is 10.4 Å². The van der Waals surface area contributed by atoms with Crippen molar-refractivity contribution in [1.29, 1.82) is 0 Å². The summed E-state index contributed by atoms with van der Waals surface area (Å²) < 4.78 is 3.65. The van der Waals surface area contributed by atoms with Gasteiger partial charge in [0, 0.05) is 25.5 Å². The van der Waals surface area contributed by atoms with Crippen molar-refractivity contribution in [2.45, 2.75) is 25.8 Å². The second-order valence-corrected chi connectivity index (χ2v) is 5.05. The van der Waals surface area contributed by atoms with Gasteiger partial charge in [-0.2, -0.15) is 5.10 Å². The summed E-state index contributed by atoms with van der Waals surface area (Å²) in [4.78, 5) is 12.3. The smallest absolute Gasteiger partial charge is 0.272 e. The third-order valence-corrected chi connectivity index (χ3v) is 3.30. The lowest BCUT2D eigenvalue weighted by Gasteiger charge is -2.07. The molecule has 0 aliphatic heterocycles. The first-order chi connectivity index (χ1) is 9.04. The van der Waals surface area contributed by atoms with E-state index in [0.717, 1.165) is 24.2 Å². The van der Waals surface area contributed by atoms with Crippen LogP contribution in [-0.4, -0.2) is 20.3 Å². The first-order valence-electron chi connectivity index (χ1n) is 6.33. The highest BCUT2D eigenvalue weighted by molar-refractivity contribution is 6.04. The number of nitrogens with one attached hydrogen (secondary N) is 1. The fourth-order valence-electron chi connectivity index (χ4n) is 2.25. The van der Waals surface area contributed by atoms with Crippen LogP contribution in [0.1, 0.15) is 35.1 Å². The van der Waals surface area contributed by atoms with Gasteiger partial charge in [-0.05, 0) is 25.8 Å². The summed E-state index contributed by atoms with van der Waals surface area (Å²) in [7, 11) is 1.83. The highest BCUT2D eigenvalue weighted by atomic mass is 16.2. The zero-order valence-electron chi connectivity index (χ0n) is 11.1. The zero-order chi connectivity index (χ0) is 13.6. The Morgan fingerprint density at radius 3 is 2.79 bits per heavy atom. The molecule has 1 aliphatic rings. The highest BCUT2D eigenvalue weighted by Crippen LogP contribution is 2.37. The molecule has 0 spiro atoms. The van der Waals surface area contributed by atoms with E-state index >= 15 is 0 Å². The minimum atomic E-state index is -0.139. The number of carbonyl (C=O) groups excluding carboxylic acids is 1. The quantitative estimate of drug-likeness (QED) is 0.880. The number of nitrogens with zero attached hydrogens (tertiary/aromatic N) is 3. The van der Waals surface area contributed by atoms with Crippen molar-refractivity contribution in [2.24, 2.45) is 7.05 Å². The molecule has 0 atom stereocenters. The van der Waals surface area contributed by atoms with Gasteiger partial charge < -0.3 is 15.6 Å². The van der Waals surface area contributed by atoms with Gasteiger partial charge in [0.05, 0.1) is 17.1 Å². The Labute approximate surface area is 111 Å². The largest absolute Gasteiger partial charge is 0.397 e. The molecule has 100 valence electrons. The number of amides is 1. The first kappa shape index (κ1) is 11.8. The summed E-state index contributed by atoms with van der Waals surface area (Å²) in [5, 5.41) is 7.09. The van der Waals surface area contributed by atoms with E-state index in [1.54, 1.807) is 16.9 Å². The summed E-state index contributed by atoms with van der Waals surface area (Å²) in [6, 6.07) is 2.15. The molecule has 3 rings (SSSR count). The van der Waals surface area contributed by atoms with Crippen molar-refractivity contribution in [2.75, 3.05) is 11.1 Å². The highest BCUT2D eigenvalue weighted by Gasteiger charge is 2.28. The van der Waals surface area contributed by atoms with Crippen molar-refractivity contribution in [3.63, 3.8) is 0 Å². The Hall–Kier alpha value is -2.24. The molecule has 0 unspecified atom stereocenters. The summed E-state index contributed by atoms with van der Waals surface area (Å²) in [5.41, 5.74) is 8.56. The van der Waals surface area contributed by atoms with Gasteiger partial charge >= 0.3 is 0 Å². The maximum Gasteiger partial charge on any atom is 0.272 e. The summed E-state index contributed by atoms with van der Waals surface area (Å²) in [6.45, 7) is 1.86. The van der Waals surface area contributed by atoms with Crippen molar-refractivity contribution < 1.29 is 4.79 Å². The van der Waals surface area contributed by atoms with Crippen LogP contribution in [0.25, 0.3) is 0 Å². The Bertz CT molecular complexity index is 635. The van der Waals surface area contributed by atoms with Crippen LogP contribution < -0.4 is 11.1 Å². The fourth-order valence-corrected chi connectivity index (χ4v) is 2.25. The number of nitrogen functional groups attached to an aromatic ring is 1. The van der Waals surface area contributed by atoms with Gasteiger partial charge in [-0.3, -0.25) is 9.48 Å². The van der Waals surface area contributed by atoms with Crippen LogP contribution in [0.15, 0.2) is 18.5 Å². The third-order valence-electron chi connectivity index (χ3n) is 3.30. The van der Waals surface area contributed by atoms with Crippen LogP contribution in [0.2, 0.25) is 0 Å². The number of rotatable bonds is 3. The van der Waals surface area contributed by atoms with Gasteiger partial charge in [-0.1, -0.05) is 0 Å². The van der Waals surface area contributed by atoms with Crippen molar-refractivity contribution in [3.8, 4) is 0 Å². The van der Waals surface area contributed by atoms with Crippen molar-refractivity contribution in [1.82, 2.24) is 14.3 Å². The number of nitrogens with two attached hydrogens (primary N) is 1. The average molecular weight is 259 g/mol. The number of carbonyl (C=O) groups is 1. The average Bonchev–Trinajstić information content (AvgIpc) is 3.04. The number of aryl methyl sites for hydroxylation is 2. The van der Waals surface area contributed by atoms with Gasteiger partial charge in [0.15, 0.2) is 0 Å².